The van der Waals surface area contributed by atoms with Crippen molar-refractivity contribution < 1.29 is 9.53 Å². The number of H-pyrrole nitrogens is 1. The van der Waals surface area contributed by atoms with E-state index in [-0.39, 0.29) is 18.5 Å². The number of nitrogens with zero attached hydrogens (tertiary/aromatic N) is 1. The van der Waals surface area contributed by atoms with Crippen LogP contribution in [0.2, 0.25) is 0 Å². The van der Waals surface area contributed by atoms with Crippen LogP contribution in [0, 0.1) is 6.92 Å². The summed E-state index contributed by atoms with van der Waals surface area (Å²) >= 11 is 0. The average Bonchev–Trinajstić information content (AvgIpc) is 3.17. The van der Waals surface area contributed by atoms with E-state index in [4.69, 9.17) is 4.74 Å². The molecule has 4 aromatic rings. The number of fused-ring (bicyclic) bond motifs is 2. The van der Waals surface area contributed by atoms with Gasteiger partial charge in [0, 0.05) is 22.9 Å². The molecular weight excluding hydrogens is 386 g/mol. The number of anilines is 1. The minimum atomic E-state index is -0.321. The standard InChI is InChI=1S/C26H23N3O2/c1-16-23(26(30)31-15-18-8-4-3-5-9-18)24(22-17(2)28-29-25(22)27-16)21-13-12-19-10-6-7-11-20(19)14-21/h3-14,24H,15H2,1-2H3,(H2,27,28,29). The molecular formula is C26H23N3O2. The summed E-state index contributed by atoms with van der Waals surface area (Å²) in [6.07, 6.45) is 0. The molecule has 1 atom stereocenters. The van der Waals surface area contributed by atoms with E-state index in [0.717, 1.165) is 39.3 Å². The molecule has 0 saturated heterocycles. The van der Waals surface area contributed by atoms with Crippen LogP contribution in [0.4, 0.5) is 5.82 Å². The largest absolute Gasteiger partial charge is 0.457 e. The lowest BCUT2D eigenvalue weighted by Crippen LogP contribution is -2.24. The monoisotopic (exact) mass is 409 g/mol. The zero-order valence-electron chi connectivity index (χ0n) is 17.5. The number of esters is 1. The second-order valence-electron chi connectivity index (χ2n) is 7.88. The maximum atomic E-state index is 13.3. The second kappa shape index (κ2) is 7.76. The van der Waals surface area contributed by atoms with Crippen molar-refractivity contribution in [2.75, 3.05) is 5.32 Å². The van der Waals surface area contributed by atoms with E-state index < -0.39 is 0 Å². The van der Waals surface area contributed by atoms with Crippen molar-refractivity contribution in [3.8, 4) is 0 Å². The van der Waals surface area contributed by atoms with Crippen molar-refractivity contribution in [1.82, 2.24) is 10.2 Å². The van der Waals surface area contributed by atoms with Gasteiger partial charge in [0.1, 0.15) is 6.61 Å². The maximum Gasteiger partial charge on any atom is 0.337 e. The van der Waals surface area contributed by atoms with Gasteiger partial charge in [-0.05, 0) is 35.7 Å². The molecule has 1 aliphatic heterocycles. The highest BCUT2D eigenvalue weighted by atomic mass is 16.5. The van der Waals surface area contributed by atoms with Gasteiger partial charge < -0.3 is 10.1 Å². The molecule has 0 fully saturated rings. The van der Waals surface area contributed by atoms with Gasteiger partial charge in [0.15, 0.2) is 5.82 Å². The number of aryl methyl sites for hydroxylation is 1. The molecule has 1 aromatic heterocycles. The third-order valence-corrected chi connectivity index (χ3v) is 5.82. The van der Waals surface area contributed by atoms with Gasteiger partial charge in [-0.1, -0.05) is 72.8 Å². The maximum absolute atomic E-state index is 13.3. The highest BCUT2D eigenvalue weighted by Gasteiger charge is 2.36. The molecule has 0 amide bonds. The van der Waals surface area contributed by atoms with Crippen molar-refractivity contribution in [1.29, 1.82) is 0 Å². The third kappa shape index (κ3) is 3.48. The van der Waals surface area contributed by atoms with Crippen molar-refractivity contribution in [2.45, 2.75) is 26.4 Å². The van der Waals surface area contributed by atoms with E-state index in [2.05, 4.69) is 45.8 Å². The van der Waals surface area contributed by atoms with Crippen molar-refractivity contribution in [3.63, 3.8) is 0 Å². The second-order valence-corrected chi connectivity index (χ2v) is 7.88. The number of benzene rings is 3. The average molecular weight is 409 g/mol. The Kier molecular flexibility index (Phi) is 4.79. The van der Waals surface area contributed by atoms with Gasteiger partial charge >= 0.3 is 5.97 Å². The molecule has 5 nitrogen and oxygen atoms in total. The first-order valence-corrected chi connectivity index (χ1v) is 10.3. The van der Waals surface area contributed by atoms with Crippen LogP contribution >= 0.6 is 0 Å². The Morgan fingerprint density at radius 2 is 1.71 bits per heavy atom. The van der Waals surface area contributed by atoms with Crippen LogP contribution in [0.15, 0.2) is 84.1 Å². The van der Waals surface area contributed by atoms with E-state index in [9.17, 15) is 4.79 Å². The van der Waals surface area contributed by atoms with Crippen LogP contribution in [-0.2, 0) is 16.1 Å². The minimum absolute atomic E-state index is 0.234. The summed E-state index contributed by atoms with van der Waals surface area (Å²) in [7, 11) is 0. The first kappa shape index (κ1) is 19.1. The molecule has 5 rings (SSSR count). The van der Waals surface area contributed by atoms with E-state index in [1.54, 1.807) is 0 Å². The van der Waals surface area contributed by atoms with Gasteiger partial charge in [0.25, 0.3) is 0 Å². The molecule has 0 spiro atoms. The number of carbonyl (C=O) groups excluding carboxylic acids is 1. The van der Waals surface area contributed by atoms with Crippen LogP contribution in [0.5, 0.6) is 0 Å². The molecule has 0 bridgehead atoms. The van der Waals surface area contributed by atoms with Gasteiger partial charge in [0.2, 0.25) is 0 Å². The summed E-state index contributed by atoms with van der Waals surface area (Å²) in [5, 5.41) is 13.1. The summed E-state index contributed by atoms with van der Waals surface area (Å²) < 4.78 is 5.74. The number of hydrogen-bond acceptors (Lipinski definition) is 4. The number of hydrogen-bond donors (Lipinski definition) is 2. The van der Waals surface area contributed by atoms with E-state index in [0.29, 0.717) is 5.57 Å². The van der Waals surface area contributed by atoms with Gasteiger partial charge in [-0.2, -0.15) is 5.10 Å². The Labute approximate surface area is 180 Å². The number of nitrogens with one attached hydrogen (secondary N) is 2. The lowest BCUT2D eigenvalue weighted by atomic mass is 9.81. The molecule has 0 radical (unpaired) electrons. The smallest absolute Gasteiger partial charge is 0.337 e. The predicted molar refractivity (Wildman–Crippen MR) is 122 cm³/mol. The SMILES string of the molecule is CC1=C(C(=O)OCc2ccccc2)C(c2ccc3ccccc3c2)c2c(n[nH]c2C)N1. The molecule has 154 valence electrons. The van der Waals surface area contributed by atoms with Gasteiger partial charge in [-0.15, -0.1) is 0 Å². The summed E-state index contributed by atoms with van der Waals surface area (Å²) in [5.41, 5.74) is 5.28. The highest BCUT2D eigenvalue weighted by Crippen LogP contribution is 2.43. The molecule has 5 heteroatoms. The zero-order chi connectivity index (χ0) is 21.4. The Bertz CT molecular complexity index is 1300. The number of carbonyl (C=O) groups is 1. The summed E-state index contributed by atoms with van der Waals surface area (Å²) in [4.78, 5) is 13.3. The molecule has 1 aliphatic rings. The fraction of sp³-hybridized carbons (Fsp3) is 0.154. The summed E-state index contributed by atoms with van der Waals surface area (Å²) in [6.45, 7) is 4.12. The van der Waals surface area contributed by atoms with Gasteiger partial charge in [-0.25, -0.2) is 4.79 Å². The van der Waals surface area contributed by atoms with Crippen LogP contribution in [0.3, 0.4) is 0 Å². The fourth-order valence-electron chi connectivity index (χ4n) is 4.28. The van der Waals surface area contributed by atoms with Crippen molar-refractivity contribution >= 4 is 22.6 Å². The molecule has 0 saturated carbocycles. The van der Waals surface area contributed by atoms with Gasteiger partial charge in [-0.3, -0.25) is 5.10 Å². The topological polar surface area (TPSA) is 67.0 Å². The molecule has 2 heterocycles. The minimum Gasteiger partial charge on any atom is -0.457 e. The molecule has 1 unspecified atom stereocenters. The van der Waals surface area contributed by atoms with E-state index in [1.807, 2.05) is 56.3 Å². The fourth-order valence-corrected chi connectivity index (χ4v) is 4.28. The van der Waals surface area contributed by atoms with Crippen LogP contribution < -0.4 is 5.32 Å². The zero-order valence-corrected chi connectivity index (χ0v) is 17.5. The Hall–Kier alpha value is -3.86. The highest BCUT2D eigenvalue weighted by molar-refractivity contribution is 5.95. The predicted octanol–water partition coefficient (Wildman–Crippen LogP) is 5.45. The quantitative estimate of drug-likeness (QED) is 0.440. The van der Waals surface area contributed by atoms with Crippen LogP contribution in [0.1, 0.15) is 35.2 Å². The Morgan fingerprint density at radius 3 is 2.52 bits per heavy atom. The third-order valence-electron chi connectivity index (χ3n) is 5.82. The first-order chi connectivity index (χ1) is 15.1. The van der Waals surface area contributed by atoms with Crippen LogP contribution in [0.25, 0.3) is 10.8 Å². The lowest BCUT2D eigenvalue weighted by Gasteiger charge is -2.28. The Balaban J connectivity index is 1.57. The summed E-state index contributed by atoms with van der Waals surface area (Å²) in [6, 6.07) is 24.3. The number of aromatic amines is 1. The first-order valence-electron chi connectivity index (χ1n) is 10.3. The van der Waals surface area contributed by atoms with Crippen molar-refractivity contribution in [2.24, 2.45) is 0 Å². The molecule has 31 heavy (non-hydrogen) atoms. The van der Waals surface area contributed by atoms with Gasteiger partial charge in [0.05, 0.1) is 5.57 Å². The molecule has 2 N–H and O–H groups in total. The molecule has 0 aliphatic carbocycles. The van der Waals surface area contributed by atoms with Crippen molar-refractivity contribution in [3.05, 3.63) is 106 Å². The van der Waals surface area contributed by atoms with E-state index in [1.165, 1.54) is 5.39 Å². The Morgan fingerprint density at radius 1 is 0.968 bits per heavy atom. The number of ether oxygens (including phenoxy) is 1. The number of aromatic nitrogens is 2. The lowest BCUT2D eigenvalue weighted by molar-refractivity contribution is -0.140. The van der Waals surface area contributed by atoms with E-state index >= 15 is 0 Å². The summed E-state index contributed by atoms with van der Waals surface area (Å²) in [5.74, 6) is 0.175. The van der Waals surface area contributed by atoms with Crippen LogP contribution in [-0.4, -0.2) is 16.2 Å². The normalized spacial score (nSPS) is 15.5. The number of allylic oxidation sites excluding steroid dienone is 1. The number of rotatable bonds is 4. The molecule has 3 aromatic carbocycles.